The van der Waals surface area contributed by atoms with E-state index in [0.29, 0.717) is 34.1 Å². The molecule has 1 aromatic heterocycles. The zero-order chi connectivity index (χ0) is 22.0. The van der Waals surface area contributed by atoms with Crippen molar-refractivity contribution in [1.29, 1.82) is 0 Å². The quantitative estimate of drug-likeness (QED) is 0.432. The first-order chi connectivity index (χ1) is 15.0. The number of para-hydroxylation sites is 1. The minimum atomic E-state index is -0.383. The molecule has 0 radical (unpaired) electrons. The molecule has 0 aliphatic heterocycles. The van der Waals surface area contributed by atoms with Crippen LogP contribution in [0.2, 0.25) is 0 Å². The van der Waals surface area contributed by atoms with E-state index >= 15 is 0 Å². The molecule has 0 bridgehead atoms. The van der Waals surface area contributed by atoms with Crippen molar-refractivity contribution >= 4 is 39.3 Å². The normalized spacial score (nSPS) is 10.8. The molecule has 1 heterocycles. The second-order valence-corrected chi connectivity index (χ2v) is 6.91. The summed E-state index contributed by atoms with van der Waals surface area (Å²) in [4.78, 5) is 24.0. The largest absolute Gasteiger partial charge is 0.495 e. The van der Waals surface area contributed by atoms with Crippen LogP contribution in [0.4, 0.5) is 5.69 Å². The van der Waals surface area contributed by atoms with Crippen LogP contribution in [0.25, 0.3) is 21.9 Å². The number of carbonyl (C=O) groups excluding carboxylic acids is 2. The summed E-state index contributed by atoms with van der Waals surface area (Å²) in [6.45, 7) is 1.21. The van der Waals surface area contributed by atoms with Crippen LogP contribution in [-0.4, -0.2) is 32.5 Å². The predicted molar refractivity (Wildman–Crippen MR) is 117 cm³/mol. The second kappa shape index (κ2) is 8.39. The molecule has 0 spiro atoms. The van der Waals surface area contributed by atoms with E-state index < -0.39 is 0 Å². The van der Waals surface area contributed by atoms with Gasteiger partial charge in [0.15, 0.2) is 23.9 Å². The van der Waals surface area contributed by atoms with Crippen molar-refractivity contribution < 1.29 is 28.2 Å². The number of hydrogen-bond acceptors (Lipinski definition) is 6. The smallest absolute Gasteiger partial charge is 0.262 e. The average Bonchev–Trinajstić information content (AvgIpc) is 3.14. The third-order valence-electron chi connectivity index (χ3n) is 4.90. The number of methoxy groups -OCH3 is 2. The summed E-state index contributed by atoms with van der Waals surface area (Å²) in [5.74, 6) is 0.780. The van der Waals surface area contributed by atoms with Crippen LogP contribution in [-0.2, 0) is 4.79 Å². The molecule has 0 fully saturated rings. The number of amides is 1. The summed E-state index contributed by atoms with van der Waals surface area (Å²) in [5, 5.41) is 4.66. The molecule has 0 atom stereocenters. The van der Waals surface area contributed by atoms with Crippen LogP contribution in [0.1, 0.15) is 17.3 Å². The minimum Gasteiger partial charge on any atom is -0.495 e. The van der Waals surface area contributed by atoms with Crippen LogP contribution in [0.3, 0.4) is 0 Å². The van der Waals surface area contributed by atoms with Crippen molar-refractivity contribution in [3.05, 3.63) is 60.2 Å². The number of ether oxygens (including phenoxy) is 3. The average molecular weight is 419 g/mol. The molecule has 1 amide bonds. The summed E-state index contributed by atoms with van der Waals surface area (Å²) >= 11 is 0. The second-order valence-electron chi connectivity index (χ2n) is 6.91. The number of anilines is 1. The Morgan fingerprint density at radius 3 is 2.39 bits per heavy atom. The van der Waals surface area contributed by atoms with Crippen LogP contribution in [0.5, 0.6) is 17.2 Å². The van der Waals surface area contributed by atoms with Crippen molar-refractivity contribution in [1.82, 2.24) is 0 Å². The van der Waals surface area contributed by atoms with Gasteiger partial charge in [0.05, 0.1) is 19.9 Å². The molecule has 0 saturated heterocycles. The summed E-state index contributed by atoms with van der Waals surface area (Å²) in [6, 6.07) is 16.1. The van der Waals surface area contributed by atoms with Gasteiger partial charge in [-0.15, -0.1) is 0 Å². The lowest BCUT2D eigenvalue weighted by Crippen LogP contribution is -2.20. The maximum atomic E-state index is 12.5. The molecule has 158 valence electrons. The monoisotopic (exact) mass is 419 g/mol. The molecule has 7 nitrogen and oxygen atoms in total. The lowest BCUT2D eigenvalue weighted by molar-refractivity contribution is -0.118. The molecular formula is C24H21NO6. The Labute approximate surface area is 178 Å². The van der Waals surface area contributed by atoms with Crippen LogP contribution < -0.4 is 19.5 Å². The molecule has 4 rings (SSSR count). The highest BCUT2D eigenvalue weighted by Crippen LogP contribution is 2.36. The fraction of sp³-hybridized carbons (Fsp3) is 0.167. The van der Waals surface area contributed by atoms with Crippen molar-refractivity contribution in [2.24, 2.45) is 0 Å². The van der Waals surface area contributed by atoms with Gasteiger partial charge < -0.3 is 23.9 Å². The Kier molecular flexibility index (Phi) is 5.49. The molecule has 3 aromatic carbocycles. The zero-order valence-corrected chi connectivity index (χ0v) is 17.4. The number of fused-ring (bicyclic) bond motifs is 3. The summed E-state index contributed by atoms with van der Waals surface area (Å²) in [5.41, 5.74) is 2.37. The fourth-order valence-corrected chi connectivity index (χ4v) is 3.35. The van der Waals surface area contributed by atoms with Gasteiger partial charge in [-0.3, -0.25) is 9.59 Å². The summed E-state index contributed by atoms with van der Waals surface area (Å²) < 4.78 is 22.2. The number of Topliss-reactive ketones (excluding diaryl/α,β-unsaturated/α-hetero) is 1. The molecule has 1 N–H and O–H groups in total. The van der Waals surface area contributed by atoms with Crippen molar-refractivity contribution in [3.8, 4) is 17.2 Å². The van der Waals surface area contributed by atoms with Gasteiger partial charge in [0, 0.05) is 22.4 Å². The van der Waals surface area contributed by atoms with Gasteiger partial charge in [0.1, 0.15) is 16.9 Å². The molecule has 4 aromatic rings. The van der Waals surface area contributed by atoms with Crippen LogP contribution in [0.15, 0.2) is 59.0 Å². The predicted octanol–water partition coefficient (Wildman–Crippen LogP) is 4.82. The molecule has 31 heavy (non-hydrogen) atoms. The molecule has 0 unspecified atom stereocenters. The number of benzene rings is 3. The van der Waals surface area contributed by atoms with Crippen molar-refractivity contribution in [3.63, 3.8) is 0 Å². The van der Waals surface area contributed by atoms with Gasteiger partial charge >= 0.3 is 0 Å². The molecule has 0 aliphatic carbocycles. The zero-order valence-electron chi connectivity index (χ0n) is 17.4. The molecule has 0 saturated carbocycles. The lowest BCUT2D eigenvalue weighted by Gasteiger charge is -2.13. The first kappa shape index (κ1) is 20.3. The van der Waals surface area contributed by atoms with Crippen LogP contribution in [0, 0.1) is 0 Å². The van der Waals surface area contributed by atoms with E-state index in [1.807, 2.05) is 30.3 Å². The van der Waals surface area contributed by atoms with Crippen LogP contribution >= 0.6 is 0 Å². The number of nitrogens with one attached hydrogen (secondary N) is 1. The van der Waals surface area contributed by atoms with Gasteiger partial charge in [-0.1, -0.05) is 18.2 Å². The molecule has 0 aliphatic rings. The molecular weight excluding hydrogens is 398 g/mol. The van der Waals surface area contributed by atoms with E-state index in [9.17, 15) is 9.59 Å². The first-order valence-corrected chi connectivity index (χ1v) is 9.61. The topological polar surface area (TPSA) is 87.0 Å². The minimum absolute atomic E-state index is 0.0873. The van der Waals surface area contributed by atoms with E-state index in [4.69, 9.17) is 18.6 Å². The number of rotatable bonds is 7. The third-order valence-corrected chi connectivity index (χ3v) is 4.90. The Morgan fingerprint density at radius 2 is 1.65 bits per heavy atom. The highest BCUT2D eigenvalue weighted by molar-refractivity contribution is 6.07. The SMILES string of the molecule is COc1cc2c(cc1NC(=O)COc1ccc(C(C)=O)cc1OC)oc1ccccc12. The van der Waals surface area contributed by atoms with Gasteiger partial charge in [0.25, 0.3) is 5.91 Å². The first-order valence-electron chi connectivity index (χ1n) is 9.61. The Balaban J connectivity index is 1.53. The van der Waals surface area contributed by atoms with E-state index in [-0.39, 0.29) is 18.3 Å². The van der Waals surface area contributed by atoms with Crippen molar-refractivity contribution in [2.45, 2.75) is 6.92 Å². The maximum absolute atomic E-state index is 12.5. The molecule has 7 heteroatoms. The maximum Gasteiger partial charge on any atom is 0.262 e. The van der Waals surface area contributed by atoms with Gasteiger partial charge in [-0.25, -0.2) is 0 Å². The fourth-order valence-electron chi connectivity index (χ4n) is 3.35. The Morgan fingerprint density at radius 1 is 0.871 bits per heavy atom. The van der Waals surface area contributed by atoms with Gasteiger partial charge in [-0.05, 0) is 37.3 Å². The number of furan rings is 1. The highest BCUT2D eigenvalue weighted by atomic mass is 16.5. The highest BCUT2D eigenvalue weighted by Gasteiger charge is 2.15. The van der Waals surface area contributed by atoms with E-state index in [2.05, 4.69) is 5.32 Å². The number of carbonyl (C=O) groups is 2. The van der Waals surface area contributed by atoms with E-state index in [1.54, 1.807) is 24.3 Å². The summed E-state index contributed by atoms with van der Waals surface area (Å²) in [6.07, 6.45) is 0. The Bertz CT molecular complexity index is 1290. The Hall–Kier alpha value is -4.00. The van der Waals surface area contributed by atoms with E-state index in [0.717, 1.165) is 16.4 Å². The van der Waals surface area contributed by atoms with Gasteiger partial charge in [0.2, 0.25) is 0 Å². The lowest BCUT2D eigenvalue weighted by atomic mass is 10.1. The van der Waals surface area contributed by atoms with Gasteiger partial charge in [-0.2, -0.15) is 0 Å². The standard InChI is InChI=1S/C24H21NO6/c1-14(26)15-8-9-20(23(10-15)29-3)30-13-24(27)25-18-12-21-17(11-22(18)28-2)16-6-4-5-7-19(16)31-21/h4-12H,13H2,1-3H3,(H,25,27). The number of hydrogen-bond donors (Lipinski definition) is 1. The third kappa shape index (κ3) is 4.02. The van der Waals surface area contributed by atoms with E-state index in [1.165, 1.54) is 21.1 Å². The summed E-state index contributed by atoms with van der Waals surface area (Å²) in [7, 11) is 3.01. The number of ketones is 1. The van der Waals surface area contributed by atoms with Crippen molar-refractivity contribution in [2.75, 3.05) is 26.1 Å².